The number of pyridine rings is 1. The highest BCUT2D eigenvalue weighted by Crippen LogP contribution is 2.13. The molecule has 0 saturated carbocycles. The summed E-state index contributed by atoms with van der Waals surface area (Å²) in [6.45, 7) is 0.613. The molecule has 20 heavy (non-hydrogen) atoms. The zero-order valence-electron chi connectivity index (χ0n) is 11.2. The summed E-state index contributed by atoms with van der Waals surface area (Å²) in [5.41, 5.74) is 1.29. The van der Waals surface area contributed by atoms with Gasteiger partial charge in [-0.15, -0.1) is 22.0 Å². The Morgan fingerprint density at radius 2 is 2.20 bits per heavy atom. The maximum absolute atomic E-state index is 11.2. The molecule has 6 nitrogen and oxygen atoms in total. The quantitative estimate of drug-likeness (QED) is 0.666. The molecule has 0 atom stereocenters. The molecule has 0 spiro atoms. The third-order valence-corrected chi connectivity index (χ3v) is 3.18. The minimum absolute atomic E-state index is 0.187. The number of nitrogens with zero attached hydrogens (tertiary/aromatic N) is 3. The minimum Gasteiger partial charge on any atom is -0.464 e. The van der Waals surface area contributed by atoms with Crippen molar-refractivity contribution in [3.8, 4) is 0 Å². The SMILES string of the molecule is COC(=O)c1ccc(NCc2ccnc(SC)c2)nn1. The smallest absolute Gasteiger partial charge is 0.358 e. The van der Waals surface area contributed by atoms with E-state index >= 15 is 0 Å². The summed E-state index contributed by atoms with van der Waals surface area (Å²) < 4.78 is 4.56. The maximum Gasteiger partial charge on any atom is 0.358 e. The van der Waals surface area contributed by atoms with E-state index in [1.54, 1.807) is 30.1 Å². The lowest BCUT2D eigenvalue weighted by atomic mass is 10.3. The molecule has 1 N–H and O–H groups in total. The molecule has 0 radical (unpaired) electrons. The molecule has 2 aromatic rings. The summed E-state index contributed by atoms with van der Waals surface area (Å²) >= 11 is 1.59. The Morgan fingerprint density at radius 3 is 2.85 bits per heavy atom. The molecular weight excluding hydrogens is 276 g/mol. The minimum atomic E-state index is -0.497. The van der Waals surface area contributed by atoms with Crippen molar-refractivity contribution in [2.24, 2.45) is 0 Å². The average Bonchev–Trinajstić information content (AvgIpc) is 2.53. The Balaban J connectivity index is 1.98. The number of methoxy groups -OCH3 is 1. The highest BCUT2D eigenvalue weighted by atomic mass is 32.2. The van der Waals surface area contributed by atoms with Crippen molar-refractivity contribution in [1.29, 1.82) is 0 Å². The summed E-state index contributed by atoms with van der Waals surface area (Å²) in [6, 6.07) is 7.20. The number of anilines is 1. The number of esters is 1. The number of nitrogens with one attached hydrogen (secondary N) is 1. The van der Waals surface area contributed by atoms with Crippen LogP contribution in [0.5, 0.6) is 0 Å². The number of hydrogen-bond acceptors (Lipinski definition) is 7. The van der Waals surface area contributed by atoms with E-state index in [0.29, 0.717) is 12.4 Å². The normalized spacial score (nSPS) is 10.1. The Hall–Kier alpha value is -2.15. The van der Waals surface area contributed by atoms with Crippen LogP contribution >= 0.6 is 11.8 Å². The first kappa shape index (κ1) is 14.3. The van der Waals surface area contributed by atoms with E-state index < -0.39 is 5.97 Å². The second-order valence-corrected chi connectivity index (χ2v) is 4.68. The largest absolute Gasteiger partial charge is 0.464 e. The first-order valence-electron chi connectivity index (χ1n) is 5.88. The van der Waals surface area contributed by atoms with Crippen LogP contribution in [0.15, 0.2) is 35.5 Å². The molecule has 0 aliphatic rings. The fourth-order valence-electron chi connectivity index (χ4n) is 1.50. The fraction of sp³-hybridized carbons (Fsp3) is 0.231. The summed E-state index contributed by atoms with van der Waals surface area (Å²) in [5.74, 6) is 0.1000. The summed E-state index contributed by atoms with van der Waals surface area (Å²) in [7, 11) is 1.31. The van der Waals surface area contributed by atoms with Crippen molar-refractivity contribution < 1.29 is 9.53 Å². The Morgan fingerprint density at radius 1 is 1.35 bits per heavy atom. The third-order valence-electron chi connectivity index (χ3n) is 2.54. The Bertz CT molecular complexity index is 589. The van der Waals surface area contributed by atoms with Gasteiger partial charge in [0.05, 0.1) is 12.1 Å². The van der Waals surface area contributed by atoms with Gasteiger partial charge >= 0.3 is 5.97 Å². The van der Waals surface area contributed by atoms with Crippen molar-refractivity contribution in [3.05, 3.63) is 41.7 Å². The number of aromatic nitrogens is 3. The summed E-state index contributed by atoms with van der Waals surface area (Å²) in [4.78, 5) is 15.4. The van der Waals surface area contributed by atoms with Gasteiger partial charge in [-0.3, -0.25) is 0 Å². The molecular formula is C13H14N4O2S. The van der Waals surface area contributed by atoms with Crippen molar-refractivity contribution >= 4 is 23.5 Å². The van der Waals surface area contributed by atoms with Crippen LogP contribution in [-0.4, -0.2) is 34.5 Å². The van der Waals surface area contributed by atoms with Gasteiger partial charge in [0.1, 0.15) is 5.82 Å². The highest BCUT2D eigenvalue weighted by molar-refractivity contribution is 7.98. The van der Waals surface area contributed by atoms with Gasteiger partial charge in [-0.05, 0) is 36.1 Å². The van der Waals surface area contributed by atoms with Crippen molar-refractivity contribution in [1.82, 2.24) is 15.2 Å². The molecule has 2 heterocycles. The zero-order valence-corrected chi connectivity index (χ0v) is 12.0. The number of thioether (sulfide) groups is 1. The number of hydrogen-bond donors (Lipinski definition) is 1. The predicted molar refractivity (Wildman–Crippen MR) is 76.7 cm³/mol. The highest BCUT2D eigenvalue weighted by Gasteiger charge is 2.07. The van der Waals surface area contributed by atoms with Crippen LogP contribution in [0.1, 0.15) is 16.1 Å². The number of carbonyl (C=O) groups excluding carboxylic acids is 1. The lowest BCUT2D eigenvalue weighted by molar-refractivity contribution is 0.0593. The lowest BCUT2D eigenvalue weighted by Crippen LogP contribution is -2.08. The number of rotatable bonds is 5. The van der Waals surface area contributed by atoms with E-state index in [0.717, 1.165) is 10.6 Å². The van der Waals surface area contributed by atoms with Crippen LogP contribution in [0.2, 0.25) is 0 Å². The second-order valence-electron chi connectivity index (χ2n) is 3.86. The second kappa shape index (κ2) is 6.85. The first-order chi connectivity index (χ1) is 9.72. The van der Waals surface area contributed by atoms with Crippen LogP contribution in [0.4, 0.5) is 5.82 Å². The Kier molecular flexibility index (Phi) is 4.89. The van der Waals surface area contributed by atoms with E-state index in [4.69, 9.17) is 0 Å². The molecule has 2 rings (SSSR count). The van der Waals surface area contributed by atoms with Gasteiger partial charge in [-0.25, -0.2) is 9.78 Å². The molecule has 104 valence electrons. The van der Waals surface area contributed by atoms with Gasteiger partial charge < -0.3 is 10.1 Å². The van der Waals surface area contributed by atoms with E-state index in [2.05, 4.69) is 25.2 Å². The van der Waals surface area contributed by atoms with Crippen LogP contribution in [0.25, 0.3) is 0 Å². The monoisotopic (exact) mass is 290 g/mol. The maximum atomic E-state index is 11.2. The van der Waals surface area contributed by atoms with Gasteiger partial charge in [0, 0.05) is 12.7 Å². The van der Waals surface area contributed by atoms with Gasteiger partial charge in [-0.1, -0.05) is 0 Å². The number of ether oxygens (including phenoxy) is 1. The average molecular weight is 290 g/mol. The molecule has 0 aromatic carbocycles. The van der Waals surface area contributed by atoms with Crippen molar-refractivity contribution in [2.45, 2.75) is 11.6 Å². The number of carbonyl (C=O) groups is 1. The molecule has 0 aliphatic carbocycles. The van der Waals surface area contributed by atoms with E-state index in [9.17, 15) is 4.79 Å². The fourth-order valence-corrected chi connectivity index (χ4v) is 1.94. The van der Waals surface area contributed by atoms with Gasteiger partial charge in [0.15, 0.2) is 5.69 Å². The predicted octanol–water partition coefficient (Wildman–Crippen LogP) is 1.99. The summed E-state index contributed by atoms with van der Waals surface area (Å²) in [5, 5.41) is 11.8. The van der Waals surface area contributed by atoms with Crippen LogP contribution in [-0.2, 0) is 11.3 Å². The standard InChI is InChI=1S/C13H14N4O2S/c1-19-13(18)10-3-4-11(17-16-10)15-8-9-5-6-14-12(7-9)20-2/h3-7H,8H2,1-2H3,(H,15,17). The third kappa shape index (κ3) is 3.67. The van der Waals surface area contributed by atoms with Crippen molar-refractivity contribution in [2.75, 3.05) is 18.7 Å². The summed E-state index contributed by atoms with van der Waals surface area (Å²) in [6.07, 6.45) is 3.76. The van der Waals surface area contributed by atoms with Crippen LogP contribution in [0.3, 0.4) is 0 Å². The van der Waals surface area contributed by atoms with Gasteiger partial charge in [0.2, 0.25) is 0 Å². The molecule has 0 fully saturated rings. The van der Waals surface area contributed by atoms with E-state index in [1.807, 2.05) is 18.4 Å². The topological polar surface area (TPSA) is 77.0 Å². The van der Waals surface area contributed by atoms with Crippen LogP contribution < -0.4 is 5.32 Å². The molecule has 7 heteroatoms. The molecule has 0 saturated heterocycles. The lowest BCUT2D eigenvalue weighted by Gasteiger charge is -2.06. The van der Waals surface area contributed by atoms with E-state index in [-0.39, 0.29) is 5.69 Å². The molecule has 0 unspecified atom stereocenters. The Labute approximate surface area is 121 Å². The molecule has 2 aromatic heterocycles. The molecule has 0 amide bonds. The van der Waals surface area contributed by atoms with Crippen LogP contribution in [0, 0.1) is 0 Å². The molecule has 0 aliphatic heterocycles. The zero-order chi connectivity index (χ0) is 14.4. The van der Waals surface area contributed by atoms with Gasteiger partial charge in [-0.2, -0.15) is 0 Å². The molecule has 0 bridgehead atoms. The first-order valence-corrected chi connectivity index (χ1v) is 7.10. The van der Waals surface area contributed by atoms with Gasteiger partial charge in [0.25, 0.3) is 0 Å². The van der Waals surface area contributed by atoms with Crippen molar-refractivity contribution in [3.63, 3.8) is 0 Å². The van der Waals surface area contributed by atoms with E-state index in [1.165, 1.54) is 7.11 Å².